The minimum atomic E-state index is 0.319. The Kier molecular flexibility index (Phi) is 2.60. The van der Waals surface area contributed by atoms with Gasteiger partial charge in [-0.3, -0.25) is 0 Å². The van der Waals surface area contributed by atoms with Gasteiger partial charge in [-0.2, -0.15) is 0 Å². The number of piperidine rings is 1. The molecule has 0 saturated carbocycles. The third-order valence-electron chi connectivity index (χ3n) is 3.17. The van der Waals surface area contributed by atoms with Gasteiger partial charge in [0.15, 0.2) is 0 Å². The molecule has 0 atom stereocenters. The fourth-order valence-electron chi connectivity index (χ4n) is 2.11. The number of nitrogens with two attached hydrogens (primary N) is 1. The maximum absolute atomic E-state index is 5.88. The molecule has 2 N–H and O–H groups in total. The Morgan fingerprint density at radius 2 is 1.76 bits per heavy atom. The zero-order chi connectivity index (χ0) is 11.7. The van der Waals surface area contributed by atoms with E-state index in [9.17, 15) is 0 Å². The molecule has 1 fully saturated rings. The van der Waals surface area contributed by atoms with Crippen LogP contribution in [0.25, 0.3) is 11.0 Å². The number of hydrogen-bond donors (Lipinski definition) is 1. The van der Waals surface area contributed by atoms with E-state index in [1.807, 2.05) is 24.3 Å². The predicted molar refractivity (Wildman–Crippen MR) is 66.8 cm³/mol. The zero-order valence-corrected chi connectivity index (χ0v) is 9.58. The average Bonchev–Trinajstić information content (AvgIpc) is 2.39. The van der Waals surface area contributed by atoms with Crippen molar-refractivity contribution >= 4 is 17.0 Å². The molecule has 5 heteroatoms. The molecule has 1 saturated heterocycles. The zero-order valence-electron chi connectivity index (χ0n) is 9.58. The van der Waals surface area contributed by atoms with E-state index in [0.29, 0.717) is 6.04 Å². The van der Waals surface area contributed by atoms with E-state index in [1.165, 1.54) is 0 Å². The van der Waals surface area contributed by atoms with Gasteiger partial charge in [0.25, 0.3) is 0 Å². The molecule has 5 nitrogen and oxygen atoms in total. The number of rotatable bonds is 1. The first kappa shape index (κ1) is 10.4. The van der Waals surface area contributed by atoms with Crippen LogP contribution in [-0.4, -0.2) is 34.3 Å². The molecule has 0 bridgehead atoms. The van der Waals surface area contributed by atoms with E-state index < -0.39 is 0 Å². The second-order valence-electron chi connectivity index (χ2n) is 4.42. The predicted octanol–water partition coefficient (Wildman–Crippen LogP) is 0.952. The SMILES string of the molecule is NC1CCN(c2nnc3ccccc3n2)CC1. The van der Waals surface area contributed by atoms with Gasteiger partial charge in [0, 0.05) is 19.1 Å². The third kappa shape index (κ3) is 2.06. The van der Waals surface area contributed by atoms with E-state index in [0.717, 1.165) is 42.9 Å². The van der Waals surface area contributed by atoms with Crippen molar-refractivity contribution in [1.29, 1.82) is 0 Å². The number of aromatic nitrogens is 3. The summed E-state index contributed by atoms with van der Waals surface area (Å²) in [5.41, 5.74) is 7.62. The summed E-state index contributed by atoms with van der Waals surface area (Å²) in [4.78, 5) is 6.69. The molecule has 1 aliphatic heterocycles. The lowest BCUT2D eigenvalue weighted by molar-refractivity contribution is 0.494. The molecule has 88 valence electrons. The summed E-state index contributed by atoms with van der Waals surface area (Å²) in [5.74, 6) is 0.718. The van der Waals surface area contributed by atoms with E-state index in [2.05, 4.69) is 20.1 Å². The minimum Gasteiger partial charge on any atom is -0.339 e. The maximum Gasteiger partial charge on any atom is 0.245 e. The van der Waals surface area contributed by atoms with Crippen molar-refractivity contribution in [1.82, 2.24) is 15.2 Å². The first-order valence-electron chi connectivity index (χ1n) is 5.93. The molecule has 17 heavy (non-hydrogen) atoms. The maximum atomic E-state index is 5.88. The van der Waals surface area contributed by atoms with Gasteiger partial charge in [-0.1, -0.05) is 12.1 Å². The smallest absolute Gasteiger partial charge is 0.245 e. The first-order chi connectivity index (χ1) is 8.33. The Morgan fingerprint density at radius 1 is 1.06 bits per heavy atom. The molecule has 0 unspecified atom stereocenters. The van der Waals surface area contributed by atoms with Crippen LogP contribution in [0.5, 0.6) is 0 Å². The summed E-state index contributed by atoms with van der Waals surface area (Å²) in [6.45, 7) is 1.84. The molecule has 3 rings (SSSR count). The topological polar surface area (TPSA) is 67.9 Å². The number of anilines is 1. The average molecular weight is 229 g/mol. The summed E-state index contributed by atoms with van der Waals surface area (Å²) in [6, 6.07) is 8.11. The van der Waals surface area contributed by atoms with Crippen LogP contribution < -0.4 is 10.6 Å². The monoisotopic (exact) mass is 229 g/mol. The largest absolute Gasteiger partial charge is 0.339 e. The quantitative estimate of drug-likeness (QED) is 0.788. The fraction of sp³-hybridized carbons (Fsp3) is 0.417. The summed E-state index contributed by atoms with van der Waals surface area (Å²) >= 11 is 0. The van der Waals surface area contributed by atoms with Gasteiger partial charge in [0.1, 0.15) is 5.52 Å². The van der Waals surface area contributed by atoms with Gasteiger partial charge in [0.05, 0.1) is 5.52 Å². The van der Waals surface area contributed by atoms with Crippen molar-refractivity contribution in [2.75, 3.05) is 18.0 Å². The van der Waals surface area contributed by atoms with Crippen LogP contribution >= 0.6 is 0 Å². The summed E-state index contributed by atoms with van der Waals surface area (Å²) in [5, 5.41) is 8.37. The van der Waals surface area contributed by atoms with Gasteiger partial charge >= 0.3 is 0 Å². The molecular weight excluding hydrogens is 214 g/mol. The summed E-state index contributed by atoms with van der Waals surface area (Å²) in [7, 11) is 0. The van der Waals surface area contributed by atoms with Crippen LogP contribution in [0.15, 0.2) is 24.3 Å². The Morgan fingerprint density at radius 3 is 2.53 bits per heavy atom. The first-order valence-corrected chi connectivity index (χ1v) is 5.93. The van der Waals surface area contributed by atoms with Crippen LogP contribution in [0.3, 0.4) is 0 Å². The molecule has 1 aliphatic rings. The molecule has 2 aromatic rings. The highest BCUT2D eigenvalue weighted by Crippen LogP contribution is 2.16. The van der Waals surface area contributed by atoms with Gasteiger partial charge < -0.3 is 10.6 Å². The van der Waals surface area contributed by atoms with Crippen LogP contribution in [0.4, 0.5) is 5.95 Å². The molecule has 0 radical (unpaired) electrons. The molecule has 2 heterocycles. The van der Waals surface area contributed by atoms with Crippen molar-refractivity contribution in [3.8, 4) is 0 Å². The van der Waals surface area contributed by atoms with Crippen LogP contribution in [0, 0.1) is 0 Å². The van der Waals surface area contributed by atoms with Gasteiger partial charge in [-0.25, -0.2) is 4.98 Å². The lowest BCUT2D eigenvalue weighted by Gasteiger charge is -2.29. The standard InChI is InChI=1S/C12H15N5/c13-9-5-7-17(8-6-9)12-14-10-3-1-2-4-11(10)15-16-12/h1-4,9H,5-8,13H2. The van der Waals surface area contributed by atoms with Crippen molar-refractivity contribution in [2.24, 2.45) is 5.73 Å². The van der Waals surface area contributed by atoms with Crippen molar-refractivity contribution < 1.29 is 0 Å². The highest BCUT2D eigenvalue weighted by molar-refractivity contribution is 5.74. The lowest BCUT2D eigenvalue weighted by Crippen LogP contribution is -2.40. The van der Waals surface area contributed by atoms with Crippen molar-refractivity contribution in [3.63, 3.8) is 0 Å². The molecule has 0 aliphatic carbocycles. The fourth-order valence-corrected chi connectivity index (χ4v) is 2.11. The highest BCUT2D eigenvalue weighted by Gasteiger charge is 2.18. The summed E-state index contributed by atoms with van der Waals surface area (Å²) < 4.78 is 0. The Labute approximate surface area is 99.7 Å². The van der Waals surface area contributed by atoms with E-state index >= 15 is 0 Å². The lowest BCUT2D eigenvalue weighted by atomic mass is 10.1. The molecule has 0 amide bonds. The van der Waals surface area contributed by atoms with Gasteiger partial charge in [-0.05, 0) is 25.0 Å². The normalized spacial score (nSPS) is 17.6. The number of benzene rings is 1. The minimum absolute atomic E-state index is 0.319. The second-order valence-corrected chi connectivity index (χ2v) is 4.42. The van der Waals surface area contributed by atoms with Gasteiger partial charge in [-0.15, -0.1) is 10.2 Å². The third-order valence-corrected chi connectivity index (χ3v) is 3.17. The number of nitrogens with zero attached hydrogens (tertiary/aromatic N) is 4. The Bertz CT molecular complexity index is 519. The van der Waals surface area contributed by atoms with Crippen LogP contribution in [-0.2, 0) is 0 Å². The van der Waals surface area contributed by atoms with E-state index in [4.69, 9.17) is 5.73 Å². The van der Waals surface area contributed by atoms with Crippen molar-refractivity contribution in [3.05, 3.63) is 24.3 Å². The summed E-state index contributed by atoms with van der Waals surface area (Å²) in [6.07, 6.45) is 1.99. The van der Waals surface area contributed by atoms with E-state index in [-0.39, 0.29) is 0 Å². The second kappa shape index (κ2) is 4.25. The Hall–Kier alpha value is -1.75. The highest BCUT2D eigenvalue weighted by atomic mass is 15.3. The van der Waals surface area contributed by atoms with Crippen LogP contribution in [0.2, 0.25) is 0 Å². The molecular formula is C12H15N5. The number of para-hydroxylation sites is 1. The van der Waals surface area contributed by atoms with Gasteiger partial charge in [0.2, 0.25) is 5.95 Å². The number of fused-ring (bicyclic) bond motifs is 1. The van der Waals surface area contributed by atoms with E-state index in [1.54, 1.807) is 0 Å². The van der Waals surface area contributed by atoms with Crippen molar-refractivity contribution in [2.45, 2.75) is 18.9 Å². The Balaban J connectivity index is 1.90. The number of hydrogen-bond acceptors (Lipinski definition) is 5. The molecule has 0 spiro atoms. The molecule has 1 aromatic heterocycles. The molecule has 1 aromatic carbocycles. The van der Waals surface area contributed by atoms with Crippen LogP contribution in [0.1, 0.15) is 12.8 Å².